The highest BCUT2D eigenvalue weighted by atomic mass is 15.2. The maximum absolute atomic E-state index is 4.75. The van der Waals surface area contributed by atoms with Gasteiger partial charge in [-0.1, -0.05) is 88.1 Å². The van der Waals surface area contributed by atoms with Crippen molar-refractivity contribution in [2.45, 2.75) is 65.1 Å². The van der Waals surface area contributed by atoms with E-state index in [4.69, 9.17) is 5.10 Å². The molecule has 0 saturated heterocycles. The van der Waals surface area contributed by atoms with Crippen LogP contribution in [-0.4, -0.2) is 17.1 Å². The van der Waals surface area contributed by atoms with Crippen LogP contribution in [0.5, 0.6) is 0 Å². The molecular weight excluding hydrogens is 339 g/mol. The lowest BCUT2D eigenvalue weighted by Crippen LogP contribution is -2.11. The summed E-state index contributed by atoms with van der Waals surface area (Å²) in [6.07, 6.45) is 6.99. The van der Waals surface area contributed by atoms with Crippen LogP contribution in [0.3, 0.4) is 0 Å². The monoisotopic (exact) mass is 371 g/mol. The number of aryl methyl sites for hydroxylation is 2. The van der Waals surface area contributed by atoms with Crippen LogP contribution in [0.25, 0.3) is 11.1 Å². The molecule has 0 amide bonds. The van der Waals surface area contributed by atoms with Gasteiger partial charge >= 0.3 is 0 Å². The van der Waals surface area contributed by atoms with Gasteiger partial charge in [0.1, 0.15) is 0 Å². The highest BCUT2D eigenvalue weighted by Gasteiger charge is 2.10. The van der Waals surface area contributed by atoms with Crippen molar-refractivity contribution < 1.29 is 0 Å². The molecule has 3 heteroatoms. The third-order valence-electron chi connectivity index (χ3n) is 5.21. The molecule has 0 aliphatic rings. The molecule has 0 aliphatic carbocycles. The lowest BCUT2D eigenvalue weighted by atomic mass is 9.90. The van der Waals surface area contributed by atoms with Gasteiger partial charge in [0, 0.05) is 5.69 Å². The summed E-state index contributed by atoms with van der Waals surface area (Å²) in [4.78, 5) is 0. The van der Waals surface area contributed by atoms with E-state index < -0.39 is 0 Å². The first-order chi connectivity index (χ1) is 13.7. The lowest BCUT2D eigenvalue weighted by molar-refractivity contribution is 0.663. The predicted molar refractivity (Wildman–Crippen MR) is 121 cm³/mol. The van der Waals surface area contributed by atoms with Gasteiger partial charge in [0.15, 0.2) is 0 Å². The number of hydrogen-bond acceptors (Lipinski definition) is 1. The summed E-state index contributed by atoms with van der Waals surface area (Å²) in [5.74, 6) is 0.488. The number of unbranched alkanes of at least 4 members (excludes halogenated alkanes) is 2. The average molecular weight is 371 g/mol. The minimum absolute atomic E-state index is 0.488. The van der Waals surface area contributed by atoms with E-state index >= 15 is 0 Å². The minimum Gasteiger partial charge on any atom is -0.321 e. The summed E-state index contributed by atoms with van der Waals surface area (Å²) in [6.45, 7) is 6.60. The molecule has 1 aromatic heterocycles. The zero-order chi connectivity index (χ0) is 19.8. The first-order valence-corrected chi connectivity index (χ1v) is 10.7. The number of nitrogens with zero attached hydrogens (tertiary/aromatic N) is 2. The predicted octanol–water partition coefficient (Wildman–Crippen LogP) is 6.53. The van der Waals surface area contributed by atoms with Crippen LogP contribution >= 0.6 is 0 Å². The Morgan fingerprint density at radius 2 is 1.61 bits per heavy atom. The molecule has 0 N–H and O–H groups in total. The van der Waals surface area contributed by atoms with Crippen LogP contribution in [-0.2, 0) is 12.8 Å². The maximum atomic E-state index is 4.75. The molecule has 0 fully saturated rings. The van der Waals surface area contributed by atoms with Gasteiger partial charge in [-0.25, -0.2) is 0 Å². The lowest BCUT2D eigenvalue weighted by Gasteiger charge is -2.07. The van der Waals surface area contributed by atoms with Gasteiger partial charge < -0.3 is 4.59 Å². The van der Waals surface area contributed by atoms with Crippen LogP contribution in [0.2, 0.25) is 6.32 Å². The Hall–Kier alpha value is -2.29. The van der Waals surface area contributed by atoms with Crippen LogP contribution < -0.4 is 0 Å². The Morgan fingerprint density at radius 3 is 2.36 bits per heavy atom. The van der Waals surface area contributed by atoms with Gasteiger partial charge in [-0.05, 0) is 54.4 Å². The topological polar surface area (TPSA) is 17.8 Å². The highest BCUT2D eigenvalue weighted by Crippen LogP contribution is 2.21. The molecule has 0 atom stereocenters. The first kappa shape index (κ1) is 20.4. The van der Waals surface area contributed by atoms with Crippen molar-refractivity contribution in [3.63, 3.8) is 0 Å². The van der Waals surface area contributed by atoms with E-state index in [1.165, 1.54) is 47.3 Å². The summed E-state index contributed by atoms with van der Waals surface area (Å²) in [6, 6.07) is 21.9. The summed E-state index contributed by atoms with van der Waals surface area (Å²) in [5, 5.41) is 4.75. The summed E-state index contributed by atoms with van der Waals surface area (Å²) >= 11 is 0. The van der Waals surface area contributed by atoms with Crippen molar-refractivity contribution >= 4 is 7.41 Å². The largest absolute Gasteiger partial charge is 0.321 e. The molecule has 0 aliphatic heterocycles. The van der Waals surface area contributed by atoms with Gasteiger partial charge in [0.05, 0.1) is 5.69 Å². The molecule has 1 radical (unpaired) electrons. The average Bonchev–Trinajstić information content (AvgIpc) is 3.12. The SMILES string of the molecule is CC[B]n1nc(C(C)C)cc1CCCCCc1cccc(-c2ccccc2)c1. The fourth-order valence-corrected chi connectivity index (χ4v) is 3.60. The maximum Gasteiger partial charge on any atom is 0.279 e. The second kappa shape index (κ2) is 10.3. The number of hydrogen-bond donors (Lipinski definition) is 0. The van der Waals surface area contributed by atoms with Crippen molar-refractivity contribution in [1.29, 1.82) is 0 Å². The van der Waals surface area contributed by atoms with Crippen LogP contribution in [0.1, 0.15) is 62.9 Å². The van der Waals surface area contributed by atoms with Gasteiger partial charge in [0.25, 0.3) is 7.41 Å². The quantitative estimate of drug-likeness (QED) is 0.292. The fourth-order valence-electron chi connectivity index (χ4n) is 3.60. The minimum atomic E-state index is 0.488. The van der Waals surface area contributed by atoms with E-state index in [9.17, 15) is 0 Å². The zero-order valence-corrected chi connectivity index (χ0v) is 17.6. The molecule has 28 heavy (non-hydrogen) atoms. The second-order valence-corrected chi connectivity index (χ2v) is 7.88. The van der Waals surface area contributed by atoms with Gasteiger partial charge in [-0.3, -0.25) is 0 Å². The molecule has 0 saturated carbocycles. The molecular formula is C25H32BN2. The van der Waals surface area contributed by atoms with E-state index in [0.29, 0.717) is 5.92 Å². The van der Waals surface area contributed by atoms with Gasteiger partial charge in [-0.2, -0.15) is 5.10 Å². The molecule has 2 nitrogen and oxygen atoms in total. The normalized spacial score (nSPS) is 11.1. The van der Waals surface area contributed by atoms with E-state index in [2.05, 4.69) is 93.4 Å². The Kier molecular flexibility index (Phi) is 7.53. The van der Waals surface area contributed by atoms with Crippen molar-refractivity contribution in [2.75, 3.05) is 0 Å². The van der Waals surface area contributed by atoms with E-state index in [1.807, 2.05) is 0 Å². The van der Waals surface area contributed by atoms with E-state index in [1.54, 1.807) is 0 Å². The Bertz CT molecular complexity index is 852. The van der Waals surface area contributed by atoms with Gasteiger partial charge in [0.2, 0.25) is 0 Å². The molecule has 0 spiro atoms. The highest BCUT2D eigenvalue weighted by molar-refractivity contribution is 6.33. The number of benzene rings is 2. The van der Waals surface area contributed by atoms with Crippen LogP contribution in [0.4, 0.5) is 0 Å². The van der Waals surface area contributed by atoms with Gasteiger partial charge in [-0.15, -0.1) is 0 Å². The number of rotatable bonds is 10. The smallest absolute Gasteiger partial charge is 0.279 e. The van der Waals surface area contributed by atoms with Crippen molar-refractivity contribution in [3.8, 4) is 11.1 Å². The Balaban J connectivity index is 1.49. The Morgan fingerprint density at radius 1 is 0.857 bits per heavy atom. The number of aromatic nitrogens is 2. The zero-order valence-electron chi connectivity index (χ0n) is 17.6. The molecule has 0 bridgehead atoms. The van der Waals surface area contributed by atoms with E-state index in [-0.39, 0.29) is 0 Å². The Labute approximate surface area is 171 Å². The third-order valence-corrected chi connectivity index (χ3v) is 5.21. The van der Waals surface area contributed by atoms with Crippen molar-refractivity contribution in [3.05, 3.63) is 77.6 Å². The molecule has 145 valence electrons. The summed E-state index contributed by atoms with van der Waals surface area (Å²) in [5.41, 5.74) is 6.62. The first-order valence-electron chi connectivity index (χ1n) is 10.7. The van der Waals surface area contributed by atoms with Crippen LogP contribution in [0.15, 0.2) is 60.7 Å². The van der Waals surface area contributed by atoms with Crippen molar-refractivity contribution in [2.24, 2.45) is 0 Å². The molecule has 3 rings (SSSR count). The summed E-state index contributed by atoms with van der Waals surface area (Å²) in [7, 11) is 2.19. The molecule has 2 aromatic carbocycles. The molecule has 0 unspecified atom stereocenters. The third kappa shape index (κ3) is 5.61. The van der Waals surface area contributed by atoms with Crippen LogP contribution in [0, 0.1) is 0 Å². The standard InChI is InChI=1S/C25H32BN2/c1-4-26-28-24(19-25(27-28)20(2)3)17-10-5-7-12-21-13-11-16-23(18-21)22-14-8-6-9-15-22/h6,8-9,11,13-16,18-20H,4-5,7,10,12,17H2,1-3H3. The fraction of sp³-hybridized carbons (Fsp3) is 0.400. The van der Waals surface area contributed by atoms with E-state index in [0.717, 1.165) is 19.2 Å². The molecule has 1 heterocycles. The second-order valence-electron chi connectivity index (χ2n) is 7.88. The summed E-state index contributed by atoms with van der Waals surface area (Å²) < 4.78 is 2.11. The van der Waals surface area contributed by atoms with Crippen molar-refractivity contribution in [1.82, 2.24) is 9.69 Å². The molecule has 3 aromatic rings.